The minimum Gasteiger partial charge on any atom is -0.381 e. The van der Waals surface area contributed by atoms with Crippen molar-refractivity contribution in [1.29, 1.82) is 5.26 Å². The van der Waals surface area contributed by atoms with Crippen molar-refractivity contribution in [1.82, 2.24) is 35.0 Å². The number of nitriles is 1. The summed E-state index contributed by atoms with van der Waals surface area (Å²) < 4.78 is 22.6. The second-order valence-corrected chi connectivity index (χ2v) is 16.0. The maximum absolute atomic E-state index is 15.1. The maximum atomic E-state index is 15.1. The molecule has 0 spiro atoms. The second-order valence-electron chi connectivity index (χ2n) is 15.1. The Labute approximate surface area is 333 Å². The molecule has 15 nitrogen and oxygen atoms in total. The van der Waals surface area contributed by atoms with Crippen LogP contribution in [0, 0.1) is 23.1 Å². The molecule has 0 unspecified atom stereocenters. The quantitative estimate of drug-likeness (QED) is 0.206. The fourth-order valence-corrected chi connectivity index (χ4v) is 9.14. The Morgan fingerprint density at radius 2 is 1.75 bits per heavy atom. The first-order chi connectivity index (χ1) is 27.9. The molecule has 2 N–H and O–H groups in total. The molecule has 0 bridgehead atoms. The van der Waals surface area contributed by atoms with Crippen LogP contribution < -0.4 is 25.3 Å². The van der Waals surface area contributed by atoms with Crippen LogP contribution in [-0.2, 0) is 9.53 Å². The standard InChI is InChI=1S/C40H43FN12O3S/c41-32-20-29(1-3-35(32)52-12-7-37(54)46-39(52)55)50-10-5-26(6-11-50)25-49-13-15-51(16-14-49)40-48-47-38(57-40)31-24-43-34(21-33(31)45-28-8-17-56-18-9-28)36-4-2-30-19-27(22-42)23-44-53(30)36/h1-4,19-21,23-24,26,28H,5-18,25H2,(H,43,45)(H,46,54,55). The highest BCUT2D eigenvalue weighted by Crippen LogP contribution is 2.37. The van der Waals surface area contributed by atoms with E-state index < -0.39 is 11.8 Å². The molecule has 57 heavy (non-hydrogen) atoms. The molecule has 0 aliphatic carbocycles. The molecule has 4 saturated heterocycles. The van der Waals surface area contributed by atoms with Crippen molar-refractivity contribution in [2.45, 2.75) is 38.1 Å². The lowest BCUT2D eigenvalue weighted by Crippen LogP contribution is -2.50. The van der Waals surface area contributed by atoms with E-state index in [4.69, 9.17) is 9.72 Å². The molecule has 17 heteroatoms. The first kappa shape index (κ1) is 36.9. The van der Waals surface area contributed by atoms with Crippen LogP contribution in [0.4, 0.5) is 31.4 Å². The van der Waals surface area contributed by atoms with Gasteiger partial charge in [0.15, 0.2) is 5.01 Å². The number of rotatable bonds is 9. The summed E-state index contributed by atoms with van der Waals surface area (Å²) in [7, 11) is 0. The summed E-state index contributed by atoms with van der Waals surface area (Å²) in [6.45, 7) is 7.96. The number of nitrogens with one attached hydrogen (secondary N) is 2. The number of benzene rings is 1. The summed E-state index contributed by atoms with van der Waals surface area (Å²) in [5, 5.41) is 30.9. The minimum absolute atomic E-state index is 0.155. The average Bonchev–Trinajstić information content (AvgIpc) is 3.90. The van der Waals surface area contributed by atoms with Crippen molar-refractivity contribution in [2.24, 2.45) is 5.92 Å². The van der Waals surface area contributed by atoms with E-state index in [0.717, 1.165) is 129 Å². The Balaban J connectivity index is 0.813. The predicted molar refractivity (Wildman–Crippen MR) is 215 cm³/mol. The number of fused-ring (bicyclic) bond motifs is 1. The minimum atomic E-state index is -0.584. The van der Waals surface area contributed by atoms with E-state index >= 15 is 4.39 Å². The van der Waals surface area contributed by atoms with Crippen LogP contribution in [0.15, 0.2) is 54.9 Å². The maximum Gasteiger partial charge on any atom is 0.328 e. The number of hydrogen-bond acceptors (Lipinski definition) is 13. The number of halogens is 1. The largest absolute Gasteiger partial charge is 0.381 e. The van der Waals surface area contributed by atoms with Gasteiger partial charge in [0, 0.05) is 95.6 Å². The number of amides is 3. The number of aromatic nitrogens is 5. The lowest BCUT2D eigenvalue weighted by molar-refractivity contribution is -0.120. The Kier molecular flexibility index (Phi) is 10.4. The van der Waals surface area contributed by atoms with Crippen LogP contribution >= 0.6 is 11.3 Å². The molecular weight excluding hydrogens is 748 g/mol. The third kappa shape index (κ3) is 7.85. The summed E-state index contributed by atoms with van der Waals surface area (Å²) in [5.74, 6) is -0.237. The Morgan fingerprint density at radius 3 is 2.53 bits per heavy atom. The van der Waals surface area contributed by atoms with E-state index in [-0.39, 0.29) is 30.6 Å². The number of hydrogen-bond donors (Lipinski definition) is 2. The molecule has 9 rings (SSSR count). The van der Waals surface area contributed by atoms with Gasteiger partial charge in [0.2, 0.25) is 11.0 Å². The summed E-state index contributed by atoms with van der Waals surface area (Å²) in [6.07, 6.45) is 7.47. The normalized spacial score (nSPS) is 18.9. The molecule has 294 valence electrons. The molecule has 8 heterocycles. The van der Waals surface area contributed by atoms with E-state index in [9.17, 15) is 14.9 Å². The van der Waals surface area contributed by atoms with Gasteiger partial charge in [-0.2, -0.15) is 10.4 Å². The van der Waals surface area contributed by atoms with Gasteiger partial charge >= 0.3 is 6.03 Å². The van der Waals surface area contributed by atoms with Gasteiger partial charge in [-0.15, -0.1) is 10.2 Å². The zero-order valence-electron chi connectivity index (χ0n) is 31.4. The van der Waals surface area contributed by atoms with Gasteiger partial charge in [0.25, 0.3) is 0 Å². The number of pyridine rings is 1. The van der Waals surface area contributed by atoms with E-state index in [1.165, 1.54) is 11.0 Å². The number of carbonyl (C=O) groups is 2. The highest BCUT2D eigenvalue weighted by atomic mass is 32.1. The molecular formula is C40H43FN12O3S. The molecule has 0 radical (unpaired) electrons. The first-order valence-corrected chi connectivity index (χ1v) is 20.4. The van der Waals surface area contributed by atoms with Gasteiger partial charge in [0.05, 0.1) is 39.9 Å². The van der Waals surface area contributed by atoms with Crippen molar-refractivity contribution in [3.05, 3.63) is 66.2 Å². The van der Waals surface area contributed by atoms with E-state index in [1.807, 2.05) is 30.5 Å². The van der Waals surface area contributed by atoms with Crippen LogP contribution in [0.2, 0.25) is 0 Å². The van der Waals surface area contributed by atoms with Crippen LogP contribution in [0.25, 0.3) is 27.5 Å². The summed E-state index contributed by atoms with van der Waals surface area (Å²) in [5.41, 5.74) is 5.81. The topological polar surface area (TPSA) is 160 Å². The number of ether oxygens (including phenoxy) is 1. The Bertz CT molecular complexity index is 2320. The van der Waals surface area contributed by atoms with Crippen LogP contribution in [-0.4, -0.2) is 113 Å². The summed E-state index contributed by atoms with van der Waals surface area (Å²) in [4.78, 5) is 37.0. The van der Waals surface area contributed by atoms with Crippen molar-refractivity contribution in [3.8, 4) is 28.0 Å². The number of urea groups is 1. The molecule has 4 fully saturated rings. The van der Waals surface area contributed by atoms with E-state index in [2.05, 4.69) is 52.8 Å². The molecule has 0 atom stereocenters. The van der Waals surface area contributed by atoms with Crippen molar-refractivity contribution in [3.63, 3.8) is 0 Å². The molecule has 3 amide bonds. The second kappa shape index (κ2) is 16.0. The Morgan fingerprint density at radius 1 is 0.930 bits per heavy atom. The number of nitrogens with zero attached hydrogens (tertiary/aromatic N) is 10. The van der Waals surface area contributed by atoms with Gasteiger partial charge in [-0.25, -0.2) is 13.7 Å². The number of imide groups is 1. The molecule has 4 aliphatic rings. The van der Waals surface area contributed by atoms with Crippen LogP contribution in [0.5, 0.6) is 0 Å². The van der Waals surface area contributed by atoms with Gasteiger partial charge in [0.1, 0.15) is 11.9 Å². The average molecular weight is 791 g/mol. The molecule has 5 aromatic rings. The highest BCUT2D eigenvalue weighted by molar-refractivity contribution is 7.18. The number of anilines is 4. The molecule has 4 aliphatic heterocycles. The smallest absolute Gasteiger partial charge is 0.328 e. The number of piperazine rings is 1. The lowest BCUT2D eigenvalue weighted by Gasteiger charge is -2.39. The number of carbonyl (C=O) groups excluding carboxylic acids is 2. The third-order valence-corrected chi connectivity index (χ3v) is 12.5. The van der Waals surface area contributed by atoms with Gasteiger partial charge in [-0.1, -0.05) is 11.3 Å². The highest BCUT2D eigenvalue weighted by Gasteiger charge is 2.29. The number of piperidine rings is 1. The monoisotopic (exact) mass is 790 g/mol. The summed E-state index contributed by atoms with van der Waals surface area (Å²) in [6, 6.07) is 14.6. The van der Waals surface area contributed by atoms with Crippen molar-refractivity contribution < 1.29 is 18.7 Å². The molecule has 4 aromatic heterocycles. The Hall–Kier alpha value is -5.70. The van der Waals surface area contributed by atoms with E-state index in [1.54, 1.807) is 28.1 Å². The van der Waals surface area contributed by atoms with E-state index in [0.29, 0.717) is 11.5 Å². The van der Waals surface area contributed by atoms with Crippen LogP contribution in [0.1, 0.15) is 37.7 Å². The van der Waals surface area contributed by atoms with Crippen molar-refractivity contribution >= 4 is 51.0 Å². The van der Waals surface area contributed by atoms with Crippen LogP contribution in [0.3, 0.4) is 0 Å². The third-order valence-electron chi connectivity index (χ3n) is 11.4. The molecule has 1 aromatic carbocycles. The zero-order chi connectivity index (χ0) is 38.9. The fraction of sp³-hybridized carbons (Fsp3) is 0.425. The fourth-order valence-electron chi connectivity index (χ4n) is 8.22. The van der Waals surface area contributed by atoms with Crippen molar-refractivity contribution in [2.75, 3.05) is 85.6 Å². The lowest BCUT2D eigenvalue weighted by atomic mass is 9.95. The molecule has 0 saturated carbocycles. The predicted octanol–water partition coefficient (Wildman–Crippen LogP) is 5.00. The van der Waals surface area contributed by atoms with Gasteiger partial charge in [-0.3, -0.25) is 24.9 Å². The first-order valence-electron chi connectivity index (χ1n) is 19.6. The SMILES string of the molecule is N#Cc1cnn2c(-c3cc(NC4CCOCC4)c(-c4nnc(N5CCN(CC6CCN(c7ccc(N8CCC(=O)NC8=O)c(F)c7)CC6)CC5)s4)cn3)ccc2c1. The summed E-state index contributed by atoms with van der Waals surface area (Å²) >= 11 is 1.59. The van der Waals surface area contributed by atoms with Gasteiger partial charge in [-0.05, 0) is 74.1 Å². The zero-order valence-corrected chi connectivity index (χ0v) is 32.3. The van der Waals surface area contributed by atoms with Gasteiger partial charge < -0.3 is 19.9 Å².